The molecule has 0 aliphatic heterocycles. The Morgan fingerprint density at radius 2 is 1.33 bits per heavy atom. The molecule has 0 unspecified atom stereocenters. The second-order valence-corrected chi connectivity index (χ2v) is 7.46. The van der Waals surface area contributed by atoms with Gasteiger partial charge in [-0.05, 0) is 24.9 Å². The van der Waals surface area contributed by atoms with E-state index in [4.69, 9.17) is 9.05 Å². The summed E-state index contributed by atoms with van der Waals surface area (Å²) >= 11 is 0. The predicted octanol–water partition coefficient (Wildman–Crippen LogP) is 3.82. The fourth-order valence-corrected chi connectivity index (χ4v) is 3.49. The van der Waals surface area contributed by atoms with Gasteiger partial charge in [0.05, 0.1) is 13.2 Å². The number of hydrogen-bond acceptors (Lipinski definition) is 4. The molecule has 0 rings (SSSR count). The van der Waals surface area contributed by atoms with Crippen molar-refractivity contribution in [3.63, 3.8) is 0 Å². The van der Waals surface area contributed by atoms with E-state index in [0.29, 0.717) is 31.3 Å². The summed E-state index contributed by atoms with van der Waals surface area (Å²) in [5, 5.41) is 0. The molecule has 110 valence electrons. The summed E-state index contributed by atoms with van der Waals surface area (Å²) < 4.78 is 23.8. The molecule has 5 heteroatoms. The fourth-order valence-electron chi connectivity index (χ4n) is 1.31. The maximum atomic E-state index is 12.7. The first kappa shape index (κ1) is 18.1. The number of hydrogen-bond donors (Lipinski definition) is 0. The van der Waals surface area contributed by atoms with Gasteiger partial charge in [0.15, 0.2) is 0 Å². The average Bonchev–Trinajstić information content (AvgIpc) is 2.31. The fraction of sp³-hybridized carbons (Fsp3) is 1.00. The number of rotatable bonds is 10. The maximum absolute atomic E-state index is 12.7. The maximum Gasteiger partial charge on any atom is 0.344 e. The molecule has 0 saturated heterocycles. The molecule has 0 aromatic rings. The van der Waals surface area contributed by atoms with Crippen molar-refractivity contribution >= 4 is 7.60 Å². The quantitative estimate of drug-likeness (QED) is 0.570. The van der Waals surface area contributed by atoms with Crippen LogP contribution in [0.1, 0.15) is 41.5 Å². The van der Waals surface area contributed by atoms with Gasteiger partial charge in [-0.15, -0.1) is 0 Å². The Labute approximate surface area is 113 Å². The van der Waals surface area contributed by atoms with Gasteiger partial charge in [-0.3, -0.25) is 9.46 Å². The van der Waals surface area contributed by atoms with E-state index >= 15 is 0 Å². The highest BCUT2D eigenvalue weighted by molar-refractivity contribution is 7.53. The van der Waals surface area contributed by atoms with Crippen LogP contribution in [-0.2, 0) is 13.6 Å². The smallest absolute Gasteiger partial charge is 0.307 e. The van der Waals surface area contributed by atoms with Gasteiger partial charge in [0.2, 0.25) is 0 Å². The van der Waals surface area contributed by atoms with Gasteiger partial charge in [-0.2, -0.15) is 0 Å². The SMILES string of the molecule is CCN(CC)CP(=O)(OCC(C)C)OCC(C)C. The molecule has 0 heterocycles. The molecular weight excluding hydrogens is 249 g/mol. The second-order valence-electron chi connectivity index (χ2n) is 5.43. The van der Waals surface area contributed by atoms with Crippen molar-refractivity contribution in [2.24, 2.45) is 11.8 Å². The van der Waals surface area contributed by atoms with Crippen molar-refractivity contribution in [1.29, 1.82) is 0 Å². The van der Waals surface area contributed by atoms with Crippen molar-refractivity contribution < 1.29 is 13.6 Å². The van der Waals surface area contributed by atoms with Crippen LogP contribution in [0.3, 0.4) is 0 Å². The predicted molar refractivity (Wildman–Crippen MR) is 77.0 cm³/mol. The summed E-state index contributed by atoms with van der Waals surface area (Å²) in [5.74, 6) is 0.718. The molecule has 0 atom stereocenters. The molecule has 0 aromatic carbocycles. The number of nitrogens with zero attached hydrogens (tertiary/aromatic N) is 1. The molecule has 0 bridgehead atoms. The average molecular weight is 279 g/mol. The highest BCUT2D eigenvalue weighted by Crippen LogP contribution is 2.49. The Morgan fingerprint density at radius 3 is 1.61 bits per heavy atom. The molecule has 0 aliphatic carbocycles. The lowest BCUT2D eigenvalue weighted by Crippen LogP contribution is -2.26. The van der Waals surface area contributed by atoms with Gasteiger partial charge in [0.1, 0.15) is 6.29 Å². The summed E-state index contributed by atoms with van der Waals surface area (Å²) in [4.78, 5) is 2.08. The Morgan fingerprint density at radius 1 is 0.944 bits per heavy atom. The third kappa shape index (κ3) is 8.25. The minimum atomic E-state index is -2.99. The Bertz CT molecular complexity index is 237. The van der Waals surface area contributed by atoms with Crippen LogP contribution < -0.4 is 0 Å². The largest absolute Gasteiger partial charge is 0.344 e. The van der Waals surface area contributed by atoms with E-state index in [-0.39, 0.29) is 0 Å². The molecule has 4 nitrogen and oxygen atoms in total. The van der Waals surface area contributed by atoms with Gasteiger partial charge in [-0.1, -0.05) is 41.5 Å². The molecule has 18 heavy (non-hydrogen) atoms. The highest BCUT2D eigenvalue weighted by atomic mass is 31.2. The van der Waals surface area contributed by atoms with Gasteiger partial charge in [-0.25, -0.2) is 0 Å². The van der Waals surface area contributed by atoms with E-state index in [9.17, 15) is 4.57 Å². The normalized spacial score (nSPS) is 12.9. The van der Waals surface area contributed by atoms with Crippen molar-refractivity contribution in [2.45, 2.75) is 41.5 Å². The molecule has 0 radical (unpaired) electrons. The van der Waals surface area contributed by atoms with Crippen LogP contribution in [-0.4, -0.2) is 37.5 Å². The molecule has 0 aliphatic rings. The van der Waals surface area contributed by atoms with Crippen LogP contribution >= 0.6 is 7.60 Å². The van der Waals surface area contributed by atoms with Gasteiger partial charge < -0.3 is 9.05 Å². The molecule has 0 amide bonds. The van der Waals surface area contributed by atoms with E-state index in [2.05, 4.69) is 18.7 Å². The molecule has 0 N–H and O–H groups in total. The Hall–Kier alpha value is 0.110. The third-order valence-corrected chi connectivity index (χ3v) is 4.31. The first-order valence-corrected chi connectivity index (χ1v) is 8.66. The lowest BCUT2D eigenvalue weighted by molar-refractivity contribution is 0.160. The third-order valence-electron chi connectivity index (χ3n) is 2.48. The first-order chi connectivity index (χ1) is 8.33. The molecular formula is C13H30NO3P. The van der Waals surface area contributed by atoms with Crippen molar-refractivity contribution in [1.82, 2.24) is 4.90 Å². The molecule has 0 saturated carbocycles. The van der Waals surface area contributed by atoms with Crippen LogP contribution in [0.2, 0.25) is 0 Å². The van der Waals surface area contributed by atoms with Crippen molar-refractivity contribution in [2.75, 3.05) is 32.6 Å². The summed E-state index contributed by atoms with van der Waals surface area (Å²) in [7, 11) is -2.99. The lowest BCUT2D eigenvalue weighted by atomic mass is 10.2. The van der Waals surface area contributed by atoms with E-state index in [1.807, 2.05) is 27.7 Å². The minimum Gasteiger partial charge on any atom is -0.307 e. The topological polar surface area (TPSA) is 38.8 Å². The summed E-state index contributed by atoms with van der Waals surface area (Å²) in [5.41, 5.74) is 0. The van der Waals surface area contributed by atoms with Crippen LogP contribution in [0.4, 0.5) is 0 Å². The highest BCUT2D eigenvalue weighted by Gasteiger charge is 2.27. The zero-order chi connectivity index (χ0) is 14.2. The molecule has 0 fully saturated rings. The molecule has 0 spiro atoms. The second kappa shape index (κ2) is 9.08. The van der Waals surface area contributed by atoms with Crippen LogP contribution in [0.25, 0.3) is 0 Å². The Kier molecular flexibility index (Phi) is 9.14. The van der Waals surface area contributed by atoms with E-state index in [1.165, 1.54) is 0 Å². The van der Waals surface area contributed by atoms with Gasteiger partial charge in [0.25, 0.3) is 0 Å². The lowest BCUT2D eigenvalue weighted by Gasteiger charge is -2.26. The van der Waals surface area contributed by atoms with Crippen LogP contribution in [0.15, 0.2) is 0 Å². The van der Waals surface area contributed by atoms with Crippen molar-refractivity contribution in [3.8, 4) is 0 Å². The summed E-state index contributed by atoms with van der Waals surface area (Å²) in [6.45, 7) is 15.0. The molecule has 0 aromatic heterocycles. The first-order valence-electron chi connectivity index (χ1n) is 6.93. The standard InChI is InChI=1S/C13H30NO3P/c1-7-14(8-2)11-18(15,16-9-12(3)4)17-10-13(5)6/h12-13H,7-11H2,1-6H3. The van der Waals surface area contributed by atoms with Gasteiger partial charge >= 0.3 is 7.60 Å². The zero-order valence-electron chi connectivity index (χ0n) is 12.8. The van der Waals surface area contributed by atoms with E-state index < -0.39 is 7.60 Å². The summed E-state index contributed by atoms with van der Waals surface area (Å²) in [6, 6.07) is 0. The van der Waals surface area contributed by atoms with E-state index in [0.717, 1.165) is 13.1 Å². The summed E-state index contributed by atoms with van der Waals surface area (Å²) in [6.07, 6.45) is 0.388. The van der Waals surface area contributed by atoms with Crippen LogP contribution in [0.5, 0.6) is 0 Å². The van der Waals surface area contributed by atoms with Crippen LogP contribution in [0, 0.1) is 11.8 Å². The van der Waals surface area contributed by atoms with E-state index in [1.54, 1.807) is 0 Å². The van der Waals surface area contributed by atoms with Gasteiger partial charge in [0, 0.05) is 0 Å². The Balaban J connectivity index is 4.52. The van der Waals surface area contributed by atoms with Crippen molar-refractivity contribution in [3.05, 3.63) is 0 Å². The minimum absolute atomic E-state index is 0.359. The monoisotopic (exact) mass is 279 g/mol. The zero-order valence-corrected chi connectivity index (χ0v) is 13.7.